The van der Waals surface area contributed by atoms with Gasteiger partial charge in [0, 0.05) is 12.5 Å². The van der Waals surface area contributed by atoms with E-state index in [-0.39, 0.29) is 0 Å². The maximum Gasteiger partial charge on any atom is 0.323 e. The van der Waals surface area contributed by atoms with Crippen LogP contribution in [0.4, 0.5) is 4.39 Å². The van der Waals surface area contributed by atoms with Crippen LogP contribution in [0.25, 0.3) is 0 Å². The first-order valence-corrected chi connectivity index (χ1v) is 7.33. The molecule has 114 valence electrons. The van der Waals surface area contributed by atoms with Gasteiger partial charge in [0.25, 0.3) is 0 Å². The molecule has 1 heterocycles. The molecule has 5 heteroatoms. The number of aliphatic hydroxyl groups is 1. The lowest BCUT2D eigenvalue weighted by Gasteiger charge is -2.35. The number of ether oxygens (including phenoxy) is 1. The number of carbonyl (C=O) groups is 1. The summed E-state index contributed by atoms with van der Waals surface area (Å²) in [5.74, 6) is -0.849. The van der Waals surface area contributed by atoms with E-state index in [1.54, 1.807) is 4.90 Å². The third-order valence-corrected chi connectivity index (χ3v) is 4.73. The Hall–Kier alpha value is -1.46. The van der Waals surface area contributed by atoms with Crippen LogP contribution < -0.4 is 0 Å². The van der Waals surface area contributed by atoms with Crippen molar-refractivity contribution in [2.75, 3.05) is 13.7 Å². The van der Waals surface area contributed by atoms with Crippen LogP contribution in [-0.4, -0.2) is 54.0 Å². The Bertz CT molecular complexity index is 510. The topological polar surface area (TPSA) is 49.8 Å². The number of carbonyl (C=O) groups excluding carboxylic acids is 1. The van der Waals surface area contributed by atoms with E-state index in [4.69, 9.17) is 4.74 Å². The molecule has 1 aromatic rings. The number of aliphatic hydroxyl groups excluding tert-OH is 1. The van der Waals surface area contributed by atoms with Crippen molar-refractivity contribution in [3.05, 3.63) is 35.9 Å². The van der Waals surface area contributed by atoms with Crippen molar-refractivity contribution in [3.63, 3.8) is 0 Å². The van der Waals surface area contributed by atoms with E-state index < -0.39 is 36.2 Å². The molecule has 1 aromatic carbocycles. The van der Waals surface area contributed by atoms with Crippen LogP contribution in [0.5, 0.6) is 0 Å². The predicted octanol–water partition coefficient (Wildman–Crippen LogP) is 1.17. The second kappa shape index (κ2) is 5.73. The summed E-state index contributed by atoms with van der Waals surface area (Å²) in [7, 11) is 1.33. The molecule has 0 amide bonds. The van der Waals surface area contributed by atoms with Gasteiger partial charge in [-0.15, -0.1) is 0 Å². The normalized spacial score (nSPS) is 35.1. The fourth-order valence-electron chi connectivity index (χ4n) is 3.77. The van der Waals surface area contributed by atoms with Crippen molar-refractivity contribution >= 4 is 5.97 Å². The number of hydrogen-bond acceptors (Lipinski definition) is 4. The smallest absolute Gasteiger partial charge is 0.323 e. The second-order valence-electron chi connectivity index (χ2n) is 5.84. The lowest BCUT2D eigenvalue weighted by atomic mass is 9.96. The minimum atomic E-state index is -1.15. The predicted molar refractivity (Wildman–Crippen MR) is 75.5 cm³/mol. The molecule has 0 radical (unpaired) electrons. The molecule has 21 heavy (non-hydrogen) atoms. The van der Waals surface area contributed by atoms with Crippen LogP contribution in [0.2, 0.25) is 0 Å². The highest BCUT2D eigenvalue weighted by molar-refractivity contribution is 5.77. The van der Waals surface area contributed by atoms with E-state index >= 15 is 0 Å². The van der Waals surface area contributed by atoms with Crippen LogP contribution in [-0.2, 0) is 16.0 Å². The maximum absolute atomic E-state index is 14.3. The summed E-state index contributed by atoms with van der Waals surface area (Å²) in [4.78, 5) is 13.8. The van der Waals surface area contributed by atoms with E-state index in [0.29, 0.717) is 13.0 Å². The van der Waals surface area contributed by atoms with Crippen molar-refractivity contribution in [3.8, 4) is 0 Å². The Morgan fingerprint density at radius 1 is 1.43 bits per heavy atom. The first kappa shape index (κ1) is 14.5. The summed E-state index contributed by atoms with van der Waals surface area (Å²) in [6, 6.07) is 8.71. The second-order valence-corrected chi connectivity index (χ2v) is 5.84. The quantitative estimate of drug-likeness (QED) is 0.847. The Morgan fingerprint density at radius 3 is 2.81 bits per heavy atom. The standard InChI is InChI=1S/C16H20FNO3/c1-21-16(20)14-11-9-12(19)15(13(11)17)18(14)8-7-10-5-3-2-4-6-10/h2-6,11-15,19H,7-9H2,1H3. The van der Waals surface area contributed by atoms with Crippen LogP contribution in [0.3, 0.4) is 0 Å². The lowest BCUT2D eigenvalue weighted by molar-refractivity contribution is -0.150. The van der Waals surface area contributed by atoms with Crippen molar-refractivity contribution < 1.29 is 19.0 Å². The van der Waals surface area contributed by atoms with E-state index in [1.165, 1.54) is 7.11 Å². The molecule has 1 saturated carbocycles. The Labute approximate surface area is 123 Å². The van der Waals surface area contributed by atoms with Crippen LogP contribution >= 0.6 is 0 Å². The summed E-state index contributed by atoms with van der Waals surface area (Å²) in [6.07, 6.45) is -0.786. The maximum atomic E-state index is 14.3. The highest BCUT2D eigenvalue weighted by Gasteiger charge is 2.60. The molecule has 5 unspecified atom stereocenters. The number of nitrogens with zero attached hydrogens (tertiary/aromatic N) is 1. The molecule has 3 rings (SSSR count). The molecule has 0 aromatic heterocycles. The van der Waals surface area contributed by atoms with Gasteiger partial charge in [-0.1, -0.05) is 30.3 Å². The molecule has 2 aliphatic rings. The van der Waals surface area contributed by atoms with Gasteiger partial charge in [0.05, 0.1) is 19.3 Å². The number of hydrogen-bond donors (Lipinski definition) is 1. The fraction of sp³-hybridized carbons (Fsp3) is 0.562. The summed E-state index contributed by atoms with van der Waals surface area (Å²) < 4.78 is 19.2. The van der Waals surface area contributed by atoms with E-state index in [1.807, 2.05) is 30.3 Å². The number of methoxy groups -OCH3 is 1. The minimum absolute atomic E-state index is 0.341. The Balaban J connectivity index is 1.76. The van der Waals surface area contributed by atoms with Crippen LogP contribution in [0, 0.1) is 5.92 Å². The van der Waals surface area contributed by atoms with E-state index in [0.717, 1.165) is 12.0 Å². The highest BCUT2D eigenvalue weighted by Crippen LogP contribution is 2.45. The molecule has 4 nitrogen and oxygen atoms in total. The Kier molecular flexibility index (Phi) is 3.95. The zero-order valence-electron chi connectivity index (χ0n) is 12.0. The van der Waals surface area contributed by atoms with Gasteiger partial charge in [-0.05, 0) is 18.4 Å². The minimum Gasteiger partial charge on any atom is -0.468 e. The van der Waals surface area contributed by atoms with Gasteiger partial charge in [0.1, 0.15) is 12.2 Å². The SMILES string of the molecule is COC(=O)C1C2CC(O)C(C2F)N1CCc1ccccc1. The first-order chi connectivity index (χ1) is 10.1. The number of benzene rings is 1. The number of esters is 1. The van der Waals surface area contributed by atoms with Gasteiger partial charge in [-0.25, -0.2) is 4.39 Å². The van der Waals surface area contributed by atoms with Crippen LogP contribution in [0.15, 0.2) is 30.3 Å². The van der Waals surface area contributed by atoms with Gasteiger partial charge in [-0.3, -0.25) is 9.69 Å². The van der Waals surface area contributed by atoms with Crippen molar-refractivity contribution in [2.24, 2.45) is 5.92 Å². The van der Waals surface area contributed by atoms with Crippen LogP contribution in [0.1, 0.15) is 12.0 Å². The zero-order valence-corrected chi connectivity index (χ0v) is 12.0. The van der Waals surface area contributed by atoms with Gasteiger partial charge in [0.15, 0.2) is 0 Å². The summed E-state index contributed by atoms with van der Waals surface area (Å²) in [5.41, 5.74) is 1.13. The molecule has 1 aliphatic carbocycles. The van der Waals surface area contributed by atoms with Gasteiger partial charge in [0.2, 0.25) is 0 Å². The zero-order chi connectivity index (χ0) is 15.0. The summed E-state index contributed by atoms with van der Waals surface area (Å²) >= 11 is 0. The third kappa shape index (κ3) is 2.45. The molecular weight excluding hydrogens is 273 g/mol. The molecule has 1 aliphatic heterocycles. The monoisotopic (exact) mass is 293 g/mol. The van der Waals surface area contributed by atoms with E-state index in [2.05, 4.69) is 0 Å². The van der Waals surface area contributed by atoms with Gasteiger partial charge in [-0.2, -0.15) is 0 Å². The highest BCUT2D eigenvalue weighted by atomic mass is 19.1. The van der Waals surface area contributed by atoms with E-state index in [9.17, 15) is 14.3 Å². The van der Waals surface area contributed by atoms with Crippen molar-refractivity contribution in [1.29, 1.82) is 0 Å². The fourth-order valence-corrected chi connectivity index (χ4v) is 3.77. The van der Waals surface area contributed by atoms with Gasteiger partial charge < -0.3 is 9.84 Å². The first-order valence-electron chi connectivity index (χ1n) is 7.33. The molecule has 1 saturated heterocycles. The molecular formula is C16H20FNO3. The molecule has 0 spiro atoms. The Morgan fingerprint density at radius 2 is 2.14 bits per heavy atom. The number of halogens is 1. The van der Waals surface area contributed by atoms with Crippen molar-refractivity contribution in [1.82, 2.24) is 4.90 Å². The number of piperidine rings is 1. The average Bonchev–Trinajstić information content (AvgIpc) is 2.94. The molecule has 5 atom stereocenters. The van der Waals surface area contributed by atoms with Gasteiger partial charge >= 0.3 is 5.97 Å². The lowest BCUT2D eigenvalue weighted by Crippen LogP contribution is -2.52. The summed E-state index contributed by atoms with van der Waals surface area (Å²) in [6.45, 7) is 0.544. The van der Waals surface area contributed by atoms with Crippen molar-refractivity contribution in [2.45, 2.75) is 37.2 Å². The number of alkyl halides is 1. The largest absolute Gasteiger partial charge is 0.468 e. The third-order valence-electron chi connectivity index (χ3n) is 4.73. The average molecular weight is 293 g/mol. The molecule has 1 N–H and O–H groups in total. The molecule has 2 bridgehead atoms. The number of likely N-dealkylation sites (tertiary alicyclic amines) is 1. The number of rotatable bonds is 4. The molecule has 2 fully saturated rings. The summed E-state index contributed by atoms with van der Waals surface area (Å²) in [5, 5.41) is 10.00. The number of fused-ring (bicyclic) bond motifs is 2.